The Morgan fingerprint density at radius 3 is 2.81 bits per heavy atom. The molecule has 2 aromatic rings. The molecule has 0 aliphatic heterocycles. The van der Waals surface area contributed by atoms with Crippen molar-refractivity contribution in [3.05, 3.63) is 47.0 Å². The number of rotatable bonds is 5. The Morgan fingerprint density at radius 2 is 2.19 bits per heavy atom. The summed E-state index contributed by atoms with van der Waals surface area (Å²) in [6.45, 7) is 1.24. The summed E-state index contributed by atoms with van der Waals surface area (Å²) in [5, 5.41) is 6.88. The van der Waals surface area contributed by atoms with Crippen LogP contribution < -0.4 is 5.32 Å². The third kappa shape index (κ3) is 4.22. The Balaban J connectivity index is 2.00. The van der Waals surface area contributed by atoms with Crippen molar-refractivity contribution >= 4 is 17.5 Å². The van der Waals surface area contributed by atoms with E-state index in [9.17, 15) is 13.6 Å². The second-order valence-electron chi connectivity index (χ2n) is 4.42. The topological polar surface area (TPSA) is 59.8 Å². The quantitative estimate of drug-likeness (QED) is 0.863. The highest BCUT2D eigenvalue weighted by molar-refractivity contribution is 6.29. The molecule has 0 saturated carbocycles. The van der Waals surface area contributed by atoms with E-state index in [-0.39, 0.29) is 11.7 Å². The van der Waals surface area contributed by atoms with Gasteiger partial charge in [0.25, 0.3) is 12.3 Å². The number of nitrogens with one attached hydrogen (secondary N) is 1. The van der Waals surface area contributed by atoms with Gasteiger partial charge in [-0.25, -0.2) is 13.8 Å². The molecule has 2 aromatic heterocycles. The SMILES string of the molecule is CC(NC(=O)c1ccn(CC(F)F)n1)c1ccc(Cl)nc1. The average molecular weight is 315 g/mol. The summed E-state index contributed by atoms with van der Waals surface area (Å²) in [4.78, 5) is 15.9. The second kappa shape index (κ2) is 6.62. The van der Waals surface area contributed by atoms with E-state index in [2.05, 4.69) is 15.4 Å². The monoisotopic (exact) mass is 314 g/mol. The lowest BCUT2D eigenvalue weighted by Crippen LogP contribution is -2.27. The van der Waals surface area contributed by atoms with Crippen LogP contribution in [0.15, 0.2) is 30.6 Å². The number of carbonyl (C=O) groups excluding carboxylic acids is 1. The van der Waals surface area contributed by atoms with Crippen LogP contribution in [0, 0.1) is 0 Å². The molecule has 1 unspecified atom stereocenters. The number of aromatic nitrogens is 3. The Bertz CT molecular complexity index is 615. The molecule has 1 amide bonds. The van der Waals surface area contributed by atoms with Crippen molar-refractivity contribution < 1.29 is 13.6 Å². The molecule has 0 radical (unpaired) electrons. The van der Waals surface area contributed by atoms with Gasteiger partial charge in [0.15, 0.2) is 0 Å². The summed E-state index contributed by atoms with van der Waals surface area (Å²) in [5.74, 6) is -0.439. The molecule has 0 aliphatic carbocycles. The van der Waals surface area contributed by atoms with Crippen LogP contribution in [0.5, 0.6) is 0 Å². The number of hydrogen-bond donors (Lipinski definition) is 1. The first kappa shape index (κ1) is 15.4. The minimum absolute atomic E-state index is 0.0874. The molecule has 21 heavy (non-hydrogen) atoms. The fourth-order valence-corrected chi connectivity index (χ4v) is 1.83. The van der Waals surface area contributed by atoms with Crippen LogP contribution in [-0.2, 0) is 6.54 Å². The zero-order chi connectivity index (χ0) is 15.4. The molecule has 5 nitrogen and oxygen atoms in total. The van der Waals surface area contributed by atoms with Crippen LogP contribution in [0.25, 0.3) is 0 Å². The summed E-state index contributed by atoms with van der Waals surface area (Å²) in [5.41, 5.74) is 0.865. The summed E-state index contributed by atoms with van der Waals surface area (Å²) in [7, 11) is 0. The minimum atomic E-state index is -2.51. The van der Waals surface area contributed by atoms with E-state index < -0.39 is 18.9 Å². The van der Waals surface area contributed by atoms with Crippen molar-refractivity contribution in [2.24, 2.45) is 0 Å². The minimum Gasteiger partial charge on any atom is -0.344 e. The summed E-state index contributed by atoms with van der Waals surface area (Å²) >= 11 is 5.69. The van der Waals surface area contributed by atoms with Gasteiger partial charge < -0.3 is 5.32 Å². The molecule has 0 fully saturated rings. The van der Waals surface area contributed by atoms with Crippen LogP contribution in [0.4, 0.5) is 8.78 Å². The fourth-order valence-electron chi connectivity index (χ4n) is 1.72. The maximum absolute atomic E-state index is 12.2. The number of pyridine rings is 1. The van der Waals surface area contributed by atoms with Gasteiger partial charge in [-0.2, -0.15) is 5.10 Å². The van der Waals surface area contributed by atoms with Gasteiger partial charge >= 0.3 is 0 Å². The summed E-state index contributed by atoms with van der Waals surface area (Å²) in [6.07, 6.45) is 0.387. The zero-order valence-electron chi connectivity index (χ0n) is 11.1. The van der Waals surface area contributed by atoms with E-state index in [0.29, 0.717) is 5.15 Å². The Hall–Kier alpha value is -2.02. The number of carbonyl (C=O) groups is 1. The smallest absolute Gasteiger partial charge is 0.272 e. The number of alkyl halides is 2. The predicted molar refractivity (Wildman–Crippen MR) is 73.4 cm³/mol. The summed E-state index contributed by atoms with van der Waals surface area (Å²) in [6, 6.07) is 4.46. The number of nitrogens with zero attached hydrogens (tertiary/aromatic N) is 3. The predicted octanol–water partition coefficient (Wildman–Crippen LogP) is 2.69. The summed E-state index contributed by atoms with van der Waals surface area (Å²) < 4.78 is 25.5. The number of amides is 1. The molecule has 8 heteroatoms. The molecule has 0 aliphatic rings. The first-order chi connectivity index (χ1) is 9.95. The molecule has 0 saturated heterocycles. The Morgan fingerprint density at radius 1 is 1.43 bits per heavy atom. The van der Waals surface area contributed by atoms with Crippen molar-refractivity contribution in [3.63, 3.8) is 0 Å². The maximum atomic E-state index is 12.2. The van der Waals surface area contributed by atoms with Gasteiger partial charge in [-0.3, -0.25) is 9.48 Å². The largest absolute Gasteiger partial charge is 0.344 e. The molecule has 2 heterocycles. The molecule has 0 bridgehead atoms. The molecule has 2 rings (SSSR count). The lowest BCUT2D eigenvalue weighted by molar-refractivity contribution is 0.0929. The third-order valence-electron chi connectivity index (χ3n) is 2.80. The van der Waals surface area contributed by atoms with Crippen LogP contribution in [0.3, 0.4) is 0 Å². The van der Waals surface area contributed by atoms with E-state index in [4.69, 9.17) is 11.6 Å². The fraction of sp³-hybridized carbons (Fsp3) is 0.308. The van der Waals surface area contributed by atoms with E-state index in [0.717, 1.165) is 10.2 Å². The normalized spacial score (nSPS) is 12.4. The van der Waals surface area contributed by atoms with Crippen LogP contribution in [-0.4, -0.2) is 27.1 Å². The van der Waals surface area contributed by atoms with Gasteiger partial charge in [0.05, 0.1) is 6.04 Å². The van der Waals surface area contributed by atoms with Gasteiger partial charge in [-0.1, -0.05) is 17.7 Å². The van der Waals surface area contributed by atoms with Gasteiger partial charge in [-0.05, 0) is 24.6 Å². The van der Waals surface area contributed by atoms with Crippen LogP contribution in [0.2, 0.25) is 5.15 Å². The average Bonchev–Trinajstić information content (AvgIpc) is 2.87. The zero-order valence-corrected chi connectivity index (χ0v) is 11.9. The highest BCUT2D eigenvalue weighted by Gasteiger charge is 2.15. The molecule has 1 atom stereocenters. The van der Waals surface area contributed by atoms with Gasteiger partial charge in [-0.15, -0.1) is 0 Å². The van der Waals surface area contributed by atoms with E-state index in [1.165, 1.54) is 12.3 Å². The number of hydrogen-bond acceptors (Lipinski definition) is 3. The third-order valence-corrected chi connectivity index (χ3v) is 3.02. The molecular weight excluding hydrogens is 302 g/mol. The Kier molecular flexibility index (Phi) is 4.85. The van der Waals surface area contributed by atoms with Crippen molar-refractivity contribution in [3.8, 4) is 0 Å². The standard InChI is InChI=1S/C13H13ClF2N4O/c1-8(9-2-3-11(14)17-6-9)18-13(21)10-4-5-20(19-10)7-12(15)16/h2-6,8,12H,7H2,1H3,(H,18,21). The highest BCUT2D eigenvalue weighted by atomic mass is 35.5. The van der Waals surface area contributed by atoms with Crippen molar-refractivity contribution in [1.82, 2.24) is 20.1 Å². The first-order valence-electron chi connectivity index (χ1n) is 6.19. The van der Waals surface area contributed by atoms with Gasteiger partial charge in [0, 0.05) is 12.4 Å². The lowest BCUT2D eigenvalue weighted by Gasteiger charge is -2.12. The van der Waals surface area contributed by atoms with E-state index in [1.807, 2.05) is 0 Å². The molecule has 0 spiro atoms. The maximum Gasteiger partial charge on any atom is 0.272 e. The molecule has 1 N–H and O–H groups in total. The van der Waals surface area contributed by atoms with E-state index >= 15 is 0 Å². The second-order valence-corrected chi connectivity index (χ2v) is 4.81. The van der Waals surface area contributed by atoms with Gasteiger partial charge in [0.1, 0.15) is 17.4 Å². The van der Waals surface area contributed by atoms with E-state index in [1.54, 1.807) is 25.3 Å². The number of halogens is 3. The van der Waals surface area contributed by atoms with Crippen LogP contribution >= 0.6 is 11.6 Å². The molecule has 0 aromatic carbocycles. The first-order valence-corrected chi connectivity index (χ1v) is 6.57. The lowest BCUT2D eigenvalue weighted by atomic mass is 10.1. The highest BCUT2D eigenvalue weighted by Crippen LogP contribution is 2.14. The van der Waals surface area contributed by atoms with Crippen LogP contribution in [0.1, 0.15) is 29.0 Å². The van der Waals surface area contributed by atoms with Crippen molar-refractivity contribution in [2.75, 3.05) is 0 Å². The van der Waals surface area contributed by atoms with Crippen molar-refractivity contribution in [1.29, 1.82) is 0 Å². The molecular formula is C13H13ClF2N4O. The Labute approximate surface area is 124 Å². The molecule has 112 valence electrons. The van der Waals surface area contributed by atoms with Crippen molar-refractivity contribution in [2.45, 2.75) is 25.9 Å². The van der Waals surface area contributed by atoms with Gasteiger partial charge in [0.2, 0.25) is 0 Å².